The molecule has 0 bridgehead atoms. The molecule has 3 aromatic rings. The van der Waals surface area contributed by atoms with Crippen LogP contribution in [-0.4, -0.2) is 33.0 Å². The Morgan fingerprint density at radius 2 is 2.00 bits per heavy atom. The molecule has 1 amide bonds. The molecule has 0 spiro atoms. The third kappa shape index (κ3) is 7.12. The van der Waals surface area contributed by atoms with Crippen LogP contribution in [0.2, 0.25) is 10.0 Å². The Labute approximate surface area is 211 Å². The van der Waals surface area contributed by atoms with E-state index >= 15 is 0 Å². The standard InChI is InChI=1S/C20H18Br2Cl2N4O2S/c1-28-18(3-2-8-30-17-7-5-13(23)10-15(17)24)26-27-20(28)31-11-19(29)25-16-9-12(21)4-6-14(16)22/h4-7,9-10H,2-3,8,11H2,1H3,(H,25,29). The lowest BCUT2D eigenvalue weighted by Gasteiger charge is -2.09. The number of amides is 1. The van der Waals surface area contributed by atoms with E-state index in [0.29, 0.717) is 39.7 Å². The van der Waals surface area contributed by atoms with Crippen LogP contribution in [0.3, 0.4) is 0 Å². The van der Waals surface area contributed by atoms with Crippen LogP contribution in [0.5, 0.6) is 5.75 Å². The van der Waals surface area contributed by atoms with E-state index < -0.39 is 0 Å². The molecule has 3 rings (SSSR count). The van der Waals surface area contributed by atoms with Crippen molar-refractivity contribution in [1.29, 1.82) is 0 Å². The van der Waals surface area contributed by atoms with E-state index in [4.69, 9.17) is 27.9 Å². The highest BCUT2D eigenvalue weighted by molar-refractivity contribution is 9.11. The molecule has 0 aliphatic heterocycles. The molecule has 0 fully saturated rings. The van der Waals surface area contributed by atoms with Gasteiger partial charge in [-0.05, 0) is 58.7 Å². The summed E-state index contributed by atoms with van der Waals surface area (Å²) in [6, 6.07) is 10.7. The number of nitrogens with zero attached hydrogens (tertiary/aromatic N) is 3. The molecule has 2 aromatic carbocycles. The zero-order valence-electron chi connectivity index (χ0n) is 16.4. The van der Waals surface area contributed by atoms with Gasteiger partial charge in [0.1, 0.15) is 11.6 Å². The maximum atomic E-state index is 12.3. The van der Waals surface area contributed by atoms with Gasteiger partial charge in [0.2, 0.25) is 5.91 Å². The number of hydrogen-bond donors (Lipinski definition) is 1. The maximum Gasteiger partial charge on any atom is 0.234 e. The zero-order valence-corrected chi connectivity index (χ0v) is 21.9. The molecule has 31 heavy (non-hydrogen) atoms. The van der Waals surface area contributed by atoms with E-state index in [1.165, 1.54) is 11.8 Å². The lowest BCUT2D eigenvalue weighted by molar-refractivity contribution is -0.113. The first-order chi connectivity index (χ1) is 14.8. The van der Waals surface area contributed by atoms with E-state index in [2.05, 4.69) is 47.4 Å². The van der Waals surface area contributed by atoms with Crippen molar-refractivity contribution in [1.82, 2.24) is 14.8 Å². The highest BCUT2D eigenvalue weighted by Gasteiger charge is 2.13. The van der Waals surface area contributed by atoms with Crippen LogP contribution in [0.15, 0.2) is 50.5 Å². The van der Waals surface area contributed by atoms with E-state index in [1.54, 1.807) is 18.2 Å². The lowest BCUT2D eigenvalue weighted by atomic mass is 10.3. The molecule has 1 heterocycles. The summed E-state index contributed by atoms with van der Waals surface area (Å²) in [7, 11) is 1.89. The van der Waals surface area contributed by atoms with Gasteiger partial charge in [0.05, 0.1) is 23.1 Å². The number of halogens is 4. The Morgan fingerprint density at radius 3 is 2.77 bits per heavy atom. The fraction of sp³-hybridized carbons (Fsp3) is 0.250. The van der Waals surface area contributed by atoms with Crippen molar-refractivity contribution in [3.63, 3.8) is 0 Å². The van der Waals surface area contributed by atoms with Gasteiger partial charge in [-0.1, -0.05) is 50.9 Å². The van der Waals surface area contributed by atoms with Crippen molar-refractivity contribution in [3.05, 3.63) is 61.2 Å². The molecule has 0 aliphatic carbocycles. The second kappa shape index (κ2) is 11.6. The Bertz CT molecular complexity index is 1080. The summed E-state index contributed by atoms with van der Waals surface area (Å²) in [5, 5.41) is 13.0. The molecule has 0 atom stereocenters. The Morgan fingerprint density at radius 1 is 1.19 bits per heavy atom. The monoisotopic (exact) mass is 606 g/mol. The first-order valence-electron chi connectivity index (χ1n) is 9.17. The van der Waals surface area contributed by atoms with Gasteiger partial charge in [0, 0.05) is 27.4 Å². The van der Waals surface area contributed by atoms with Gasteiger partial charge >= 0.3 is 0 Å². The number of rotatable bonds is 9. The topological polar surface area (TPSA) is 69.0 Å². The number of benzene rings is 2. The van der Waals surface area contributed by atoms with Gasteiger partial charge in [-0.2, -0.15) is 0 Å². The van der Waals surface area contributed by atoms with Crippen molar-refractivity contribution in [2.75, 3.05) is 17.7 Å². The van der Waals surface area contributed by atoms with Crippen molar-refractivity contribution >= 4 is 78.4 Å². The summed E-state index contributed by atoms with van der Waals surface area (Å²) in [5.41, 5.74) is 0.708. The molecule has 1 aromatic heterocycles. The predicted octanol–water partition coefficient (Wildman–Crippen LogP) is 6.39. The van der Waals surface area contributed by atoms with Crippen LogP contribution in [0.25, 0.3) is 0 Å². The van der Waals surface area contributed by atoms with Gasteiger partial charge in [-0.15, -0.1) is 10.2 Å². The van der Waals surface area contributed by atoms with Crippen molar-refractivity contribution in [3.8, 4) is 5.75 Å². The number of aryl methyl sites for hydroxylation is 1. The number of carbonyl (C=O) groups excluding carboxylic acids is 1. The third-order valence-electron chi connectivity index (χ3n) is 4.16. The number of carbonyl (C=O) groups is 1. The maximum absolute atomic E-state index is 12.3. The van der Waals surface area contributed by atoms with E-state index in [-0.39, 0.29) is 11.7 Å². The van der Waals surface area contributed by atoms with Crippen LogP contribution in [0.1, 0.15) is 12.2 Å². The average Bonchev–Trinajstić information content (AvgIpc) is 3.07. The van der Waals surface area contributed by atoms with Crippen LogP contribution in [0, 0.1) is 0 Å². The van der Waals surface area contributed by atoms with Crippen molar-refractivity contribution in [2.45, 2.75) is 18.0 Å². The van der Waals surface area contributed by atoms with E-state index in [1.807, 2.05) is 29.8 Å². The van der Waals surface area contributed by atoms with Crippen molar-refractivity contribution < 1.29 is 9.53 Å². The molecule has 0 radical (unpaired) electrons. The molecule has 164 valence electrons. The normalized spacial score (nSPS) is 10.9. The highest BCUT2D eigenvalue weighted by Crippen LogP contribution is 2.28. The second-order valence-electron chi connectivity index (χ2n) is 6.45. The largest absolute Gasteiger partial charge is 0.492 e. The first-order valence-corrected chi connectivity index (χ1v) is 12.5. The summed E-state index contributed by atoms with van der Waals surface area (Å²) >= 11 is 20.2. The quantitative estimate of drug-likeness (QED) is 0.225. The Kier molecular flexibility index (Phi) is 9.09. The SMILES string of the molecule is Cn1c(CCCOc2ccc(Cl)cc2Cl)nnc1SCC(=O)Nc1cc(Br)ccc1Br. The van der Waals surface area contributed by atoms with E-state index in [9.17, 15) is 4.79 Å². The first kappa shape index (κ1) is 24.4. The fourth-order valence-electron chi connectivity index (χ4n) is 2.60. The van der Waals surface area contributed by atoms with Crippen LogP contribution >= 0.6 is 66.8 Å². The molecule has 0 aliphatic rings. The lowest BCUT2D eigenvalue weighted by Crippen LogP contribution is -2.15. The number of nitrogens with one attached hydrogen (secondary N) is 1. The Hall–Kier alpha value is -1.26. The highest BCUT2D eigenvalue weighted by atomic mass is 79.9. The minimum atomic E-state index is -0.124. The average molecular weight is 609 g/mol. The smallest absolute Gasteiger partial charge is 0.234 e. The molecule has 0 saturated carbocycles. The van der Waals surface area contributed by atoms with Gasteiger partial charge in [0.15, 0.2) is 5.16 Å². The van der Waals surface area contributed by atoms with Gasteiger partial charge < -0.3 is 14.6 Å². The van der Waals surface area contributed by atoms with Gasteiger partial charge in [-0.3, -0.25) is 4.79 Å². The van der Waals surface area contributed by atoms with Gasteiger partial charge in [-0.25, -0.2) is 0 Å². The molecular formula is C20H18Br2Cl2N4O2S. The molecule has 11 heteroatoms. The number of ether oxygens (including phenoxy) is 1. The van der Waals surface area contributed by atoms with Crippen molar-refractivity contribution in [2.24, 2.45) is 7.05 Å². The van der Waals surface area contributed by atoms with E-state index in [0.717, 1.165) is 21.2 Å². The summed E-state index contributed by atoms with van der Waals surface area (Å²) < 4.78 is 9.30. The third-order valence-corrected chi connectivity index (χ3v) is 6.89. The second-order valence-corrected chi connectivity index (χ2v) is 10.0. The minimum absolute atomic E-state index is 0.124. The minimum Gasteiger partial charge on any atom is -0.492 e. The summed E-state index contributed by atoms with van der Waals surface area (Å²) in [6.07, 6.45) is 1.43. The van der Waals surface area contributed by atoms with Crippen LogP contribution in [0.4, 0.5) is 5.69 Å². The number of aromatic nitrogens is 3. The summed E-state index contributed by atoms with van der Waals surface area (Å²) in [4.78, 5) is 12.3. The molecule has 1 N–H and O–H groups in total. The zero-order chi connectivity index (χ0) is 22.4. The molecule has 0 saturated heterocycles. The summed E-state index contributed by atoms with van der Waals surface area (Å²) in [5.74, 6) is 1.52. The number of anilines is 1. The van der Waals surface area contributed by atoms with Gasteiger partial charge in [0.25, 0.3) is 0 Å². The van der Waals surface area contributed by atoms with Crippen LogP contribution < -0.4 is 10.1 Å². The molecular weight excluding hydrogens is 591 g/mol. The predicted molar refractivity (Wildman–Crippen MR) is 132 cm³/mol. The molecule has 6 nitrogen and oxygen atoms in total. The van der Waals surface area contributed by atoms with Crippen LogP contribution in [-0.2, 0) is 18.3 Å². The molecule has 0 unspecified atom stereocenters. The number of thioether (sulfide) groups is 1. The number of hydrogen-bond acceptors (Lipinski definition) is 5. The fourth-order valence-corrected chi connectivity index (χ4v) is 4.50. The summed E-state index contributed by atoms with van der Waals surface area (Å²) in [6.45, 7) is 0.487. The Balaban J connectivity index is 1.46.